The normalized spacial score (nSPS) is 9.10. The molecule has 0 amide bonds. The SMILES string of the molecule is CCCCNC(=S)N(C)O. The predicted molar refractivity (Wildman–Crippen MR) is 45.1 cm³/mol. The lowest BCUT2D eigenvalue weighted by molar-refractivity contribution is 0.0126. The van der Waals surface area contributed by atoms with Gasteiger partial charge in [-0.2, -0.15) is 0 Å². The maximum absolute atomic E-state index is 8.75. The topological polar surface area (TPSA) is 35.5 Å². The summed E-state index contributed by atoms with van der Waals surface area (Å²) >= 11 is 4.76. The minimum atomic E-state index is 0.383. The fraction of sp³-hybridized carbons (Fsp3) is 0.833. The van der Waals surface area contributed by atoms with Crippen molar-refractivity contribution in [1.29, 1.82) is 0 Å². The van der Waals surface area contributed by atoms with Crippen LogP contribution < -0.4 is 5.32 Å². The molecule has 0 aromatic carbocycles. The molecule has 0 saturated heterocycles. The van der Waals surface area contributed by atoms with Crippen LogP contribution >= 0.6 is 12.2 Å². The molecule has 10 heavy (non-hydrogen) atoms. The van der Waals surface area contributed by atoms with Crippen molar-refractivity contribution < 1.29 is 5.21 Å². The molecular formula is C6H14N2OS. The number of hydroxylamine groups is 2. The van der Waals surface area contributed by atoms with Crippen LogP contribution in [0.2, 0.25) is 0 Å². The third kappa shape index (κ3) is 4.52. The van der Waals surface area contributed by atoms with E-state index in [1.54, 1.807) is 0 Å². The zero-order valence-corrected chi connectivity index (χ0v) is 7.24. The Bertz CT molecular complexity index is 106. The maximum Gasteiger partial charge on any atom is 0.192 e. The second-order valence-electron chi connectivity index (χ2n) is 2.11. The van der Waals surface area contributed by atoms with Crippen LogP contribution in [0.1, 0.15) is 19.8 Å². The van der Waals surface area contributed by atoms with Gasteiger partial charge < -0.3 is 5.32 Å². The van der Waals surface area contributed by atoms with Gasteiger partial charge in [-0.05, 0) is 18.6 Å². The van der Waals surface area contributed by atoms with Gasteiger partial charge >= 0.3 is 0 Å². The summed E-state index contributed by atoms with van der Waals surface area (Å²) in [6.07, 6.45) is 2.21. The largest absolute Gasteiger partial charge is 0.361 e. The van der Waals surface area contributed by atoms with E-state index in [2.05, 4.69) is 12.2 Å². The smallest absolute Gasteiger partial charge is 0.192 e. The first-order valence-electron chi connectivity index (χ1n) is 3.39. The number of nitrogens with one attached hydrogen (secondary N) is 1. The van der Waals surface area contributed by atoms with E-state index in [0.717, 1.165) is 24.4 Å². The van der Waals surface area contributed by atoms with Gasteiger partial charge in [-0.3, -0.25) is 5.21 Å². The summed E-state index contributed by atoms with van der Waals surface area (Å²) in [6.45, 7) is 2.94. The Morgan fingerprint density at radius 3 is 2.70 bits per heavy atom. The molecule has 0 aromatic rings. The van der Waals surface area contributed by atoms with Crippen molar-refractivity contribution in [2.45, 2.75) is 19.8 Å². The standard InChI is InChI=1S/C6H14N2OS/c1-3-4-5-7-6(10)8(2)9/h9H,3-5H2,1-2H3,(H,7,10). The molecule has 0 heterocycles. The lowest BCUT2D eigenvalue weighted by atomic mass is 10.3. The number of nitrogens with zero attached hydrogens (tertiary/aromatic N) is 1. The third-order valence-electron chi connectivity index (χ3n) is 1.10. The Morgan fingerprint density at radius 2 is 2.30 bits per heavy atom. The monoisotopic (exact) mass is 162 g/mol. The van der Waals surface area contributed by atoms with Crippen molar-refractivity contribution in [3.8, 4) is 0 Å². The molecule has 60 valence electrons. The molecule has 0 aliphatic carbocycles. The van der Waals surface area contributed by atoms with Crippen LogP contribution in [0.4, 0.5) is 0 Å². The van der Waals surface area contributed by atoms with Gasteiger partial charge in [-0.15, -0.1) is 0 Å². The quantitative estimate of drug-likeness (QED) is 0.368. The van der Waals surface area contributed by atoms with E-state index in [4.69, 9.17) is 17.4 Å². The fourth-order valence-electron chi connectivity index (χ4n) is 0.487. The Kier molecular flexibility index (Phi) is 5.25. The third-order valence-corrected chi connectivity index (χ3v) is 1.51. The second-order valence-corrected chi connectivity index (χ2v) is 2.50. The summed E-state index contributed by atoms with van der Waals surface area (Å²) in [7, 11) is 1.50. The number of hydrogen-bond acceptors (Lipinski definition) is 2. The van der Waals surface area contributed by atoms with Crippen LogP contribution in [0.3, 0.4) is 0 Å². The maximum atomic E-state index is 8.75. The molecule has 3 nitrogen and oxygen atoms in total. The van der Waals surface area contributed by atoms with E-state index in [9.17, 15) is 0 Å². The Labute approximate surface area is 67.0 Å². The van der Waals surface area contributed by atoms with Gasteiger partial charge in [0.1, 0.15) is 0 Å². The summed E-state index contributed by atoms with van der Waals surface area (Å²) in [5, 5.41) is 12.9. The highest BCUT2D eigenvalue weighted by Crippen LogP contribution is 1.84. The molecular weight excluding hydrogens is 148 g/mol. The van der Waals surface area contributed by atoms with Crippen LogP contribution in [0.25, 0.3) is 0 Å². The minimum absolute atomic E-state index is 0.383. The molecule has 0 radical (unpaired) electrons. The molecule has 0 saturated carbocycles. The summed E-state index contributed by atoms with van der Waals surface area (Å²) in [5.74, 6) is 0. The van der Waals surface area contributed by atoms with Gasteiger partial charge in [-0.25, -0.2) is 5.06 Å². The fourth-order valence-corrected chi connectivity index (χ4v) is 0.589. The second kappa shape index (κ2) is 5.44. The Hall–Kier alpha value is -0.350. The average molecular weight is 162 g/mol. The van der Waals surface area contributed by atoms with Crippen molar-refractivity contribution in [3.63, 3.8) is 0 Å². The number of rotatable bonds is 3. The van der Waals surface area contributed by atoms with Gasteiger partial charge in [-0.1, -0.05) is 13.3 Å². The van der Waals surface area contributed by atoms with E-state index < -0.39 is 0 Å². The van der Waals surface area contributed by atoms with Crippen LogP contribution in [-0.4, -0.2) is 29.0 Å². The van der Waals surface area contributed by atoms with Crippen molar-refractivity contribution >= 4 is 17.3 Å². The van der Waals surface area contributed by atoms with Crippen molar-refractivity contribution in [2.24, 2.45) is 0 Å². The molecule has 0 atom stereocenters. The minimum Gasteiger partial charge on any atom is -0.361 e. The molecule has 0 fully saturated rings. The molecule has 2 N–H and O–H groups in total. The highest BCUT2D eigenvalue weighted by molar-refractivity contribution is 7.80. The number of unbranched alkanes of at least 4 members (excludes halogenated alkanes) is 1. The lowest BCUT2D eigenvalue weighted by Gasteiger charge is -2.12. The molecule has 0 unspecified atom stereocenters. The van der Waals surface area contributed by atoms with E-state index in [-0.39, 0.29) is 0 Å². The van der Waals surface area contributed by atoms with Gasteiger partial charge in [0.15, 0.2) is 5.11 Å². The van der Waals surface area contributed by atoms with Crippen molar-refractivity contribution in [1.82, 2.24) is 10.4 Å². The van der Waals surface area contributed by atoms with Crippen LogP contribution in [0.15, 0.2) is 0 Å². The first-order chi connectivity index (χ1) is 4.68. The molecule has 0 aliphatic rings. The van der Waals surface area contributed by atoms with Crippen molar-refractivity contribution in [3.05, 3.63) is 0 Å². The molecule has 0 spiro atoms. The Balaban J connectivity index is 3.22. The van der Waals surface area contributed by atoms with Crippen LogP contribution in [0.5, 0.6) is 0 Å². The molecule has 0 bridgehead atoms. The van der Waals surface area contributed by atoms with Gasteiger partial charge in [0, 0.05) is 13.6 Å². The first kappa shape index (κ1) is 9.65. The highest BCUT2D eigenvalue weighted by Gasteiger charge is 1.96. The van der Waals surface area contributed by atoms with Gasteiger partial charge in [0.2, 0.25) is 0 Å². The zero-order valence-electron chi connectivity index (χ0n) is 6.42. The molecule has 0 aliphatic heterocycles. The summed E-state index contributed by atoms with van der Waals surface area (Å²) in [5.41, 5.74) is 0. The summed E-state index contributed by atoms with van der Waals surface area (Å²) in [4.78, 5) is 0. The van der Waals surface area contributed by atoms with E-state index in [0.29, 0.717) is 5.11 Å². The molecule has 0 aromatic heterocycles. The number of hydrogen-bond donors (Lipinski definition) is 2. The van der Waals surface area contributed by atoms with Crippen LogP contribution in [0, 0.1) is 0 Å². The van der Waals surface area contributed by atoms with E-state index in [1.807, 2.05) is 0 Å². The highest BCUT2D eigenvalue weighted by atomic mass is 32.1. The van der Waals surface area contributed by atoms with Crippen molar-refractivity contribution in [2.75, 3.05) is 13.6 Å². The lowest BCUT2D eigenvalue weighted by Crippen LogP contribution is -2.35. The van der Waals surface area contributed by atoms with E-state index in [1.165, 1.54) is 7.05 Å². The Morgan fingerprint density at radius 1 is 1.70 bits per heavy atom. The van der Waals surface area contributed by atoms with Gasteiger partial charge in [0.25, 0.3) is 0 Å². The molecule has 0 rings (SSSR count). The van der Waals surface area contributed by atoms with Crippen LogP contribution in [-0.2, 0) is 0 Å². The first-order valence-corrected chi connectivity index (χ1v) is 3.79. The predicted octanol–water partition coefficient (Wildman–Crippen LogP) is 0.982. The number of thiocarbonyl (C=S) groups is 1. The molecule has 4 heteroatoms. The average Bonchev–Trinajstić information content (AvgIpc) is 1.88. The summed E-state index contributed by atoms with van der Waals surface area (Å²) < 4.78 is 0. The zero-order chi connectivity index (χ0) is 7.98. The van der Waals surface area contributed by atoms with E-state index >= 15 is 0 Å². The van der Waals surface area contributed by atoms with Gasteiger partial charge in [0.05, 0.1) is 0 Å². The summed E-state index contributed by atoms with van der Waals surface area (Å²) in [6, 6.07) is 0.